The van der Waals surface area contributed by atoms with Crippen molar-refractivity contribution in [1.82, 2.24) is 14.9 Å². The molecule has 2 unspecified atom stereocenters. The molecule has 0 aromatic carbocycles. The van der Waals surface area contributed by atoms with Crippen molar-refractivity contribution < 1.29 is 0 Å². The Morgan fingerprint density at radius 3 is 2.71 bits per heavy atom. The van der Waals surface area contributed by atoms with Crippen LogP contribution in [0.2, 0.25) is 0 Å². The highest BCUT2D eigenvalue weighted by Gasteiger charge is 2.35. The third-order valence-corrected chi connectivity index (χ3v) is 3.73. The fourth-order valence-electron chi connectivity index (χ4n) is 2.51. The van der Waals surface area contributed by atoms with Gasteiger partial charge in [0.05, 0.1) is 0 Å². The lowest BCUT2D eigenvalue weighted by Crippen LogP contribution is -2.43. The Morgan fingerprint density at radius 1 is 1.41 bits per heavy atom. The van der Waals surface area contributed by atoms with E-state index in [0.717, 1.165) is 19.0 Å². The average molecular weight is 235 g/mol. The minimum atomic E-state index is 0.223. The van der Waals surface area contributed by atoms with E-state index >= 15 is 0 Å². The molecular formula is C14H25N3. The van der Waals surface area contributed by atoms with Gasteiger partial charge in [0, 0.05) is 30.4 Å². The molecule has 2 rings (SSSR count). The van der Waals surface area contributed by atoms with Crippen LogP contribution in [0, 0.1) is 5.92 Å². The lowest BCUT2D eigenvalue weighted by Gasteiger charge is -2.38. The van der Waals surface area contributed by atoms with Gasteiger partial charge >= 0.3 is 0 Å². The number of imidazole rings is 1. The summed E-state index contributed by atoms with van der Waals surface area (Å²) >= 11 is 0. The quantitative estimate of drug-likeness (QED) is 0.869. The number of rotatable bonds is 4. The molecule has 1 fully saturated rings. The highest BCUT2D eigenvalue weighted by Crippen LogP contribution is 2.41. The average Bonchev–Trinajstić information content (AvgIpc) is 2.62. The molecule has 1 heterocycles. The maximum atomic E-state index is 4.54. The van der Waals surface area contributed by atoms with Gasteiger partial charge in [0.25, 0.3) is 0 Å². The Hall–Kier alpha value is -0.830. The van der Waals surface area contributed by atoms with Gasteiger partial charge in [0.1, 0.15) is 5.82 Å². The Bertz CT molecular complexity index is 362. The van der Waals surface area contributed by atoms with Crippen molar-refractivity contribution in [2.24, 2.45) is 5.92 Å². The number of nitrogens with one attached hydrogen (secondary N) is 1. The summed E-state index contributed by atoms with van der Waals surface area (Å²) in [7, 11) is 0. The normalized spacial score (nSPS) is 24.7. The second-order valence-electron chi connectivity index (χ2n) is 6.15. The summed E-state index contributed by atoms with van der Waals surface area (Å²) in [4.78, 5) is 4.54. The topological polar surface area (TPSA) is 29.9 Å². The number of aryl methyl sites for hydroxylation is 1. The van der Waals surface area contributed by atoms with Crippen LogP contribution < -0.4 is 5.32 Å². The number of aromatic nitrogens is 2. The van der Waals surface area contributed by atoms with Crippen LogP contribution in [0.1, 0.15) is 52.3 Å². The third-order valence-electron chi connectivity index (χ3n) is 3.73. The lowest BCUT2D eigenvalue weighted by atomic mass is 9.72. The Balaban J connectivity index is 1.95. The largest absolute Gasteiger partial charge is 0.335 e. The standard InChI is InChI=1S/C14H25N3/c1-5-17-9-8-15-13(17)12-7-6-11(12)10-16-14(2,3)4/h8-9,11-12,16H,5-7,10H2,1-4H3. The fourth-order valence-corrected chi connectivity index (χ4v) is 2.51. The maximum Gasteiger partial charge on any atom is 0.112 e. The highest BCUT2D eigenvalue weighted by molar-refractivity contribution is 5.08. The van der Waals surface area contributed by atoms with Gasteiger partial charge in [-0.1, -0.05) is 0 Å². The molecule has 0 spiro atoms. The number of nitrogens with zero attached hydrogens (tertiary/aromatic N) is 2. The zero-order chi connectivity index (χ0) is 12.5. The second kappa shape index (κ2) is 4.81. The summed E-state index contributed by atoms with van der Waals surface area (Å²) in [5.74, 6) is 2.72. The highest BCUT2D eigenvalue weighted by atomic mass is 15.1. The fraction of sp³-hybridized carbons (Fsp3) is 0.786. The molecule has 0 radical (unpaired) electrons. The summed E-state index contributed by atoms with van der Waals surface area (Å²) in [6.07, 6.45) is 6.67. The van der Waals surface area contributed by atoms with Crippen molar-refractivity contribution in [3.8, 4) is 0 Å². The van der Waals surface area contributed by atoms with Gasteiger partial charge in [-0.3, -0.25) is 0 Å². The smallest absolute Gasteiger partial charge is 0.112 e. The molecule has 1 N–H and O–H groups in total. The molecular weight excluding hydrogens is 210 g/mol. The van der Waals surface area contributed by atoms with Gasteiger partial charge in [-0.25, -0.2) is 4.98 Å². The van der Waals surface area contributed by atoms with Gasteiger partial charge in [-0.15, -0.1) is 0 Å². The first kappa shape index (κ1) is 12.6. The molecule has 0 bridgehead atoms. The van der Waals surface area contributed by atoms with Crippen LogP contribution in [0.3, 0.4) is 0 Å². The third kappa shape index (κ3) is 2.89. The molecule has 17 heavy (non-hydrogen) atoms. The maximum absolute atomic E-state index is 4.54. The summed E-state index contributed by atoms with van der Waals surface area (Å²) in [5, 5.41) is 3.62. The van der Waals surface area contributed by atoms with E-state index in [1.54, 1.807) is 0 Å². The lowest BCUT2D eigenvalue weighted by molar-refractivity contribution is 0.214. The van der Waals surface area contributed by atoms with Crippen LogP contribution in [0.5, 0.6) is 0 Å². The first-order chi connectivity index (χ1) is 8.01. The predicted octanol–water partition coefficient (Wildman–Crippen LogP) is 2.78. The van der Waals surface area contributed by atoms with E-state index in [1.165, 1.54) is 18.7 Å². The van der Waals surface area contributed by atoms with E-state index < -0.39 is 0 Å². The molecule has 1 aliphatic carbocycles. The molecule has 1 aromatic rings. The molecule has 2 atom stereocenters. The SMILES string of the molecule is CCn1ccnc1C1CCC1CNC(C)(C)C. The van der Waals surface area contributed by atoms with E-state index in [2.05, 4.69) is 48.8 Å². The molecule has 1 aromatic heterocycles. The molecule has 96 valence electrons. The van der Waals surface area contributed by atoms with E-state index in [9.17, 15) is 0 Å². The second-order valence-corrected chi connectivity index (χ2v) is 6.15. The molecule has 3 heteroatoms. The van der Waals surface area contributed by atoms with Crippen molar-refractivity contribution in [2.75, 3.05) is 6.54 Å². The van der Waals surface area contributed by atoms with Crippen LogP contribution in [0.25, 0.3) is 0 Å². The first-order valence-corrected chi connectivity index (χ1v) is 6.77. The Labute approximate surface area is 105 Å². The molecule has 0 saturated heterocycles. The monoisotopic (exact) mass is 235 g/mol. The Kier molecular flexibility index (Phi) is 3.57. The predicted molar refractivity (Wildman–Crippen MR) is 71.1 cm³/mol. The number of hydrogen-bond donors (Lipinski definition) is 1. The van der Waals surface area contributed by atoms with E-state index in [0.29, 0.717) is 5.92 Å². The van der Waals surface area contributed by atoms with Gasteiger partial charge in [-0.05, 0) is 53.0 Å². The van der Waals surface area contributed by atoms with Crippen molar-refractivity contribution in [3.05, 3.63) is 18.2 Å². The van der Waals surface area contributed by atoms with Crippen LogP contribution >= 0.6 is 0 Å². The van der Waals surface area contributed by atoms with E-state index in [4.69, 9.17) is 0 Å². The van der Waals surface area contributed by atoms with E-state index in [1.807, 2.05) is 6.20 Å². The van der Waals surface area contributed by atoms with Crippen LogP contribution in [-0.2, 0) is 6.54 Å². The van der Waals surface area contributed by atoms with E-state index in [-0.39, 0.29) is 5.54 Å². The zero-order valence-electron chi connectivity index (χ0n) is 11.5. The molecule has 1 saturated carbocycles. The van der Waals surface area contributed by atoms with Crippen molar-refractivity contribution in [2.45, 2.75) is 58.5 Å². The van der Waals surface area contributed by atoms with Gasteiger partial charge < -0.3 is 9.88 Å². The van der Waals surface area contributed by atoms with Gasteiger partial charge in [0.2, 0.25) is 0 Å². The molecule has 1 aliphatic rings. The minimum absolute atomic E-state index is 0.223. The van der Waals surface area contributed by atoms with Crippen LogP contribution in [-0.4, -0.2) is 21.6 Å². The summed E-state index contributed by atoms with van der Waals surface area (Å²) in [5.41, 5.74) is 0.223. The number of hydrogen-bond acceptors (Lipinski definition) is 2. The summed E-state index contributed by atoms with van der Waals surface area (Å²) < 4.78 is 2.29. The minimum Gasteiger partial charge on any atom is -0.335 e. The summed E-state index contributed by atoms with van der Waals surface area (Å²) in [6, 6.07) is 0. The van der Waals surface area contributed by atoms with Crippen LogP contribution in [0.4, 0.5) is 0 Å². The van der Waals surface area contributed by atoms with Crippen molar-refractivity contribution in [1.29, 1.82) is 0 Å². The van der Waals surface area contributed by atoms with Crippen molar-refractivity contribution in [3.63, 3.8) is 0 Å². The van der Waals surface area contributed by atoms with Gasteiger partial charge in [0.15, 0.2) is 0 Å². The molecule has 0 aliphatic heterocycles. The zero-order valence-corrected chi connectivity index (χ0v) is 11.5. The van der Waals surface area contributed by atoms with Crippen LogP contribution in [0.15, 0.2) is 12.4 Å². The first-order valence-electron chi connectivity index (χ1n) is 6.77. The summed E-state index contributed by atoms with van der Waals surface area (Å²) in [6.45, 7) is 11.0. The van der Waals surface area contributed by atoms with Crippen molar-refractivity contribution >= 4 is 0 Å². The Morgan fingerprint density at radius 2 is 2.18 bits per heavy atom. The molecule has 0 amide bonds. The molecule has 3 nitrogen and oxygen atoms in total. The van der Waals surface area contributed by atoms with Gasteiger partial charge in [-0.2, -0.15) is 0 Å².